The van der Waals surface area contributed by atoms with Gasteiger partial charge in [-0.1, -0.05) is 11.6 Å². The summed E-state index contributed by atoms with van der Waals surface area (Å²) >= 11 is 6.12. The second-order valence-electron chi connectivity index (χ2n) is 5.42. The van der Waals surface area contributed by atoms with E-state index >= 15 is 0 Å². The van der Waals surface area contributed by atoms with E-state index in [4.69, 9.17) is 11.6 Å². The van der Waals surface area contributed by atoms with Crippen molar-refractivity contribution in [1.29, 1.82) is 0 Å². The largest absolute Gasteiger partial charge is 0.317 e. The molecule has 0 atom stereocenters. The second kappa shape index (κ2) is 7.02. The highest BCUT2D eigenvalue weighted by Gasteiger charge is 2.16. The summed E-state index contributed by atoms with van der Waals surface area (Å²) in [4.78, 5) is 12.5. The number of benzene rings is 1. The molecule has 1 fully saturated rings. The van der Waals surface area contributed by atoms with Crippen molar-refractivity contribution in [3.63, 3.8) is 0 Å². The molecule has 1 aliphatic heterocycles. The van der Waals surface area contributed by atoms with E-state index in [0.717, 1.165) is 37.7 Å². The van der Waals surface area contributed by atoms with E-state index in [1.165, 1.54) is 25.0 Å². The second-order valence-corrected chi connectivity index (χ2v) is 5.83. The van der Waals surface area contributed by atoms with Crippen molar-refractivity contribution in [3.8, 4) is 0 Å². The maximum absolute atomic E-state index is 10.7. The highest BCUT2D eigenvalue weighted by molar-refractivity contribution is 6.31. The molecule has 0 aliphatic carbocycles. The van der Waals surface area contributed by atoms with Crippen LogP contribution in [0.25, 0.3) is 0 Å². The molecule has 0 amide bonds. The molecule has 0 radical (unpaired) electrons. The summed E-state index contributed by atoms with van der Waals surface area (Å²) in [5, 5.41) is 14.5. The lowest BCUT2D eigenvalue weighted by atomic mass is 9.97. The molecule has 5 nitrogen and oxygen atoms in total. The summed E-state index contributed by atoms with van der Waals surface area (Å²) in [5.74, 6) is 0.720. The maximum atomic E-state index is 10.7. The molecule has 110 valence electrons. The van der Waals surface area contributed by atoms with Crippen LogP contribution in [0, 0.1) is 16.0 Å². The Morgan fingerprint density at radius 3 is 2.75 bits per heavy atom. The standard InChI is InChI=1S/C14H20ClN3O2/c1-17(9-11-4-6-16-7-5-11)10-12-2-3-13(18(19)20)8-14(12)15/h2-3,8,11,16H,4-7,9-10H2,1H3. The normalized spacial score (nSPS) is 16.6. The number of nitro groups is 1. The van der Waals surface area contributed by atoms with Gasteiger partial charge in [0.2, 0.25) is 0 Å². The fraction of sp³-hybridized carbons (Fsp3) is 0.571. The highest BCUT2D eigenvalue weighted by atomic mass is 35.5. The van der Waals surface area contributed by atoms with Crippen LogP contribution in [-0.4, -0.2) is 36.5 Å². The number of hydrogen-bond donors (Lipinski definition) is 1. The van der Waals surface area contributed by atoms with Gasteiger partial charge in [-0.15, -0.1) is 0 Å². The molecule has 1 aliphatic rings. The molecule has 2 rings (SSSR count). The van der Waals surface area contributed by atoms with Gasteiger partial charge in [0.25, 0.3) is 5.69 Å². The Morgan fingerprint density at radius 2 is 2.15 bits per heavy atom. The summed E-state index contributed by atoms with van der Waals surface area (Å²) in [6, 6.07) is 4.69. The third-order valence-corrected chi connectivity index (χ3v) is 4.07. The predicted octanol–water partition coefficient (Wildman–Crippen LogP) is 2.68. The Balaban J connectivity index is 1.93. The molecule has 0 aromatic heterocycles. The molecular weight excluding hydrogens is 278 g/mol. The fourth-order valence-corrected chi connectivity index (χ4v) is 2.87. The first-order valence-electron chi connectivity index (χ1n) is 6.88. The number of non-ortho nitro benzene ring substituents is 1. The van der Waals surface area contributed by atoms with Gasteiger partial charge in [0.1, 0.15) is 0 Å². The van der Waals surface area contributed by atoms with Crippen LogP contribution in [0.5, 0.6) is 0 Å². The van der Waals surface area contributed by atoms with Crippen LogP contribution >= 0.6 is 11.6 Å². The Kier molecular flexibility index (Phi) is 5.34. The zero-order valence-electron chi connectivity index (χ0n) is 11.6. The molecule has 1 heterocycles. The summed E-state index contributed by atoms with van der Waals surface area (Å²) in [7, 11) is 2.07. The Labute approximate surface area is 124 Å². The third-order valence-electron chi connectivity index (χ3n) is 3.72. The summed E-state index contributed by atoms with van der Waals surface area (Å²) in [6.45, 7) is 3.95. The number of nitrogens with zero attached hydrogens (tertiary/aromatic N) is 2. The molecule has 1 aromatic rings. The first-order valence-corrected chi connectivity index (χ1v) is 7.26. The van der Waals surface area contributed by atoms with Gasteiger partial charge in [0.15, 0.2) is 0 Å². The predicted molar refractivity (Wildman–Crippen MR) is 80.0 cm³/mol. The van der Waals surface area contributed by atoms with Gasteiger partial charge in [-0.2, -0.15) is 0 Å². The van der Waals surface area contributed by atoms with Gasteiger partial charge in [-0.05, 0) is 50.5 Å². The lowest BCUT2D eigenvalue weighted by Gasteiger charge is -2.27. The monoisotopic (exact) mass is 297 g/mol. The van der Waals surface area contributed by atoms with Crippen molar-refractivity contribution in [2.45, 2.75) is 19.4 Å². The van der Waals surface area contributed by atoms with E-state index in [0.29, 0.717) is 5.02 Å². The summed E-state index contributed by atoms with van der Waals surface area (Å²) in [5.41, 5.74) is 0.980. The number of nitrogens with one attached hydrogen (secondary N) is 1. The van der Waals surface area contributed by atoms with Crippen LogP contribution in [0.2, 0.25) is 5.02 Å². The van der Waals surface area contributed by atoms with Crippen LogP contribution < -0.4 is 5.32 Å². The van der Waals surface area contributed by atoms with Crippen LogP contribution in [-0.2, 0) is 6.54 Å². The van der Waals surface area contributed by atoms with Gasteiger partial charge >= 0.3 is 0 Å². The van der Waals surface area contributed by atoms with Gasteiger partial charge in [0, 0.05) is 25.2 Å². The van der Waals surface area contributed by atoms with Crippen LogP contribution in [0.4, 0.5) is 5.69 Å². The van der Waals surface area contributed by atoms with Crippen LogP contribution in [0.1, 0.15) is 18.4 Å². The van der Waals surface area contributed by atoms with E-state index in [9.17, 15) is 10.1 Å². The average molecular weight is 298 g/mol. The lowest BCUT2D eigenvalue weighted by molar-refractivity contribution is -0.384. The molecule has 0 saturated carbocycles. The zero-order valence-corrected chi connectivity index (χ0v) is 12.4. The first-order chi connectivity index (χ1) is 9.56. The fourth-order valence-electron chi connectivity index (χ4n) is 2.64. The van der Waals surface area contributed by atoms with E-state index in [1.807, 2.05) is 0 Å². The van der Waals surface area contributed by atoms with Gasteiger partial charge < -0.3 is 10.2 Å². The molecule has 6 heteroatoms. The highest BCUT2D eigenvalue weighted by Crippen LogP contribution is 2.24. The molecule has 1 aromatic carbocycles. The SMILES string of the molecule is CN(Cc1ccc([N+](=O)[O-])cc1Cl)CC1CCNCC1. The topological polar surface area (TPSA) is 58.4 Å². The number of rotatable bonds is 5. The molecule has 1 N–H and O–H groups in total. The summed E-state index contributed by atoms with van der Waals surface area (Å²) in [6.07, 6.45) is 2.41. The Bertz CT molecular complexity index is 475. The van der Waals surface area contributed by atoms with E-state index in [-0.39, 0.29) is 5.69 Å². The number of hydrogen-bond acceptors (Lipinski definition) is 4. The molecule has 0 spiro atoms. The quantitative estimate of drug-likeness (QED) is 0.670. The smallest absolute Gasteiger partial charge is 0.270 e. The van der Waals surface area contributed by atoms with Gasteiger partial charge in [-0.25, -0.2) is 0 Å². The molecule has 1 saturated heterocycles. The number of halogens is 1. The van der Waals surface area contributed by atoms with E-state index in [1.54, 1.807) is 6.07 Å². The maximum Gasteiger partial charge on any atom is 0.270 e. The van der Waals surface area contributed by atoms with Crippen molar-refractivity contribution in [2.75, 3.05) is 26.7 Å². The number of nitro benzene ring substituents is 1. The minimum absolute atomic E-state index is 0.0414. The molecule has 0 bridgehead atoms. The van der Waals surface area contributed by atoms with Crippen molar-refractivity contribution in [1.82, 2.24) is 10.2 Å². The third kappa shape index (κ3) is 4.16. The zero-order chi connectivity index (χ0) is 14.5. The van der Waals surface area contributed by atoms with Crippen molar-refractivity contribution in [2.24, 2.45) is 5.92 Å². The Morgan fingerprint density at radius 1 is 1.45 bits per heavy atom. The van der Waals surface area contributed by atoms with Crippen LogP contribution in [0.3, 0.4) is 0 Å². The minimum atomic E-state index is -0.422. The van der Waals surface area contributed by atoms with Gasteiger partial charge in [0.05, 0.1) is 9.95 Å². The van der Waals surface area contributed by atoms with Gasteiger partial charge in [-0.3, -0.25) is 10.1 Å². The average Bonchev–Trinajstić information content (AvgIpc) is 2.42. The van der Waals surface area contributed by atoms with Crippen LogP contribution in [0.15, 0.2) is 18.2 Å². The molecular formula is C14H20ClN3O2. The van der Waals surface area contributed by atoms with Crippen molar-refractivity contribution >= 4 is 17.3 Å². The molecule has 0 unspecified atom stereocenters. The van der Waals surface area contributed by atoms with E-state index in [2.05, 4.69) is 17.3 Å². The lowest BCUT2D eigenvalue weighted by Crippen LogP contribution is -2.34. The van der Waals surface area contributed by atoms with E-state index < -0.39 is 4.92 Å². The summed E-state index contributed by atoms with van der Waals surface area (Å²) < 4.78 is 0. The number of piperidine rings is 1. The van der Waals surface area contributed by atoms with Crippen molar-refractivity contribution < 1.29 is 4.92 Å². The molecule has 20 heavy (non-hydrogen) atoms. The first kappa shape index (κ1) is 15.2. The minimum Gasteiger partial charge on any atom is -0.317 e. The Hall–Kier alpha value is -1.17. The van der Waals surface area contributed by atoms with Crippen molar-refractivity contribution in [3.05, 3.63) is 38.9 Å².